The number of aromatic nitrogens is 2. The molecule has 1 N–H and O–H groups in total. The summed E-state index contributed by atoms with van der Waals surface area (Å²) < 4.78 is 5.80. The highest BCUT2D eigenvalue weighted by atomic mass is 16.4. The third-order valence-corrected chi connectivity index (χ3v) is 4.43. The van der Waals surface area contributed by atoms with E-state index in [0.717, 1.165) is 29.9 Å². The summed E-state index contributed by atoms with van der Waals surface area (Å²) in [6.45, 7) is 1.13. The van der Waals surface area contributed by atoms with Crippen molar-refractivity contribution in [2.24, 2.45) is 0 Å². The number of fused-ring (bicyclic) bond motifs is 1. The van der Waals surface area contributed by atoms with E-state index in [4.69, 9.17) is 9.68 Å². The van der Waals surface area contributed by atoms with Crippen molar-refractivity contribution in [3.63, 3.8) is 0 Å². The molecule has 0 saturated carbocycles. The molecule has 0 aliphatic carbocycles. The minimum Gasteiger partial charge on any atom is -0.449 e. The Bertz CT molecular complexity index is 1010. The standard InChI is InChI=1S/C20H17N5O2/c21-9-11-25(12-14-4-2-1-3-5-14)20(26)17-7-6-16(27-17)18-15-8-10-22-19(15)24-13-23-18/h1-7,13H,8,10-12H2,(H,22,23,24). The van der Waals surface area contributed by atoms with E-state index in [1.54, 1.807) is 12.1 Å². The van der Waals surface area contributed by atoms with Crippen LogP contribution in [0.4, 0.5) is 5.82 Å². The lowest BCUT2D eigenvalue weighted by molar-refractivity contribution is 0.0734. The topological polar surface area (TPSA) is 95.0 Å². The fourth-order valence-electron chi connectivity index (χ4n) is 3.14. The molecule has 3 aromatic rings. The molecule has 2 aromatic heterocycles. The molecular weight excluding hydrogens is 342 g/mol. The Kier molecular flexibility index (Phi) is 4.54. The van der Waals surface area contributed by atoms with E-state index in [1.165, 1.54) is 11.2 Å². The van der Waals surface area contributed by atoms with Gasteiger partial charge in [0.2, 0.25) is 0 Å². The summed E-state index contributed by atoms with van der Waals surface area (Å²) in [5.74, 6) is 1.20. The van der Waals surface area contributed by atoms with Gasteiger partial charge in [0.05, 0.1) is 6.07 Å². The van der Waals surface area contributed by atoms with Crippen LogP contribution in [-0.4, -0.2) is 33.9 Å². The molecule has 0 fully saturated rings. The zero-order valence-electron chi connectivity index (χ0n) is 14.6. The molecule has 0 radical (unpaired) electrons. The molecule has 7 nitrogen and oxygen atoms in total. The van der Waals surface area contributed by atoms with Crippen molar-refractivity contribution in [2.75, 3.05) is 18.4 Å². The van der Waals surface area contributed by atoms with Crippen molar-refractivity contribution in [3.05, 3.63) is 65.7 Å². The minimum atomic E-state index is -0.324. The van der Waals surface area contributed by atoms with Gasteiger partial charge in [0, 0.05) is 18.7 Å². The molecule has 0 bridgehead atoms. The first-order chi connectivity index (χ1) is 13.3. The van der Waals surface area contributed by atoms with Crippen LogP contribution in [-0.2, 0) is 13.0 Å². The van der Waals surface area contributed by atoms with Crippen molar-refractivity contribution in [2.45, 2.75) is 13.0 Å². The first-order valence-electron chi connectivity index (χ1n) is 8.64. The molecule has 0 spiro atoms. The maximum atomic E-state index is 12.9. The number of nitrogens with zero attached hydrogens (tertiary/aromatic N) is 4. The van der Waals surface area contributed by atoms with Crippen LogP contribution in [0.3, 0.4) is 0 Å². The van der Waals surface area contributed by atoms with Crippen molar-refractivity contribution < 1.29 is 9.21 Å². The first-order valence-corrected chi connectivity index (χ1v) is 8.64. The molecule has 0 atom stereocenters. The number of furan rings is 1. The Labute approximate surface area is 156 Å². The number of anilines is 1. The molecular formula is C20H17N5O2. The molecule has 0 saturated heterocycles. The van der Waals surface area contributed by atoms with E-state index >= 15 is 0 Å². The van der Waals surface area contributed by atoms with Gasteiger partial charge >= 0.3 is 0 Å². The molecule has 1 amide bonds. The van der Waals surface area contributed by atoms with Crippen molar-refractivity contribution >= 4 is 11.7 Å². The molecule has 1 aliphatic rings. The molecule has 1 aromatic carbocycles. The zero-order valence-corrected chi connectivity index (χ0v) is 14.6. The monoisotopic (exact) mass is 359 g/mol. The summed E-state index contributed by atoms with van der Waals surface area (Å²) in [6, 6.07) is 15.0. The van der Waals surface area contributed by atoms with Gasteiger partial charge in [-0.05, 0) is 24.1 Å². The SMILES string of the molecule is N#CCN(Cc1ccccc1)C(=O)c1ccc(-c2ncnc3c2CCN3)o1. The normalized spacial score (nSPS) is 12.1. The van der Waals surface area contributed by atoms with Gasteiger partial charge < -0.3 is 14.6 Å². The smallest absolute Gasteiger partial charge is 0.290 e. The van der Waals surface area contributed by atoms with E-state index in [0.29, 0.717) is 18.0 Å². The molecule has 27 heavy (non-hydrogen) atoms. The second-order valence-electron chi connectivity index (χ2n) is 6.20. The Morgan fingerprint density at radius 3 is 2.89 bits per heavy atom. The van der Waals surface area contributed by atoms with E-state index < -0.39 is 0 Å². The van der Waals surface area contributed by atoms with Gasteiger partial charge in [0.1, 0.15) is 24.4 Å². The largest absolute Gasteiger partial charge is 0.449 e. The lowest BCUT2D eigenvalue weighted by Crippen LogP contribution is -2.30. The number of nitriles is 1. The summed E-state index contributed by atoms with van der Waals surface area (Å²) in [7, 11) is 0. The van der Waals surface area contributed by atoms with E-state index in [-0.39, 0.29) is 18.2 Å². The number of amides is 1. The number of hydrogen-bond donors (Lipinski definition) is 1. The van der Waals surface area contributed by atoms with E-state index in [2.05, 4.69) is 15.3 Å². The molecule has 134 valence electrons. The molecule has 7 heteroatoms. The maximum absolute atomic E-state index is 12.9. The van der Waals surface area contributed by atoms with Gasteiger partial charge in [0.15, 0.2) is 11.5 Å². The van der Waals surface area contributed by atoms with Crippen LogP contribution in [0.5, 0.6) is 0 Å². The van der Waals surface area contributed by atoms with Crippen molar-refractivity contribution in [3.8, 4) is 17.5 Å². The van der Waals surface area contributed by atoms with Crippen LogP contribution in [0.25, 0.3) is 11.5 Å². The molecule has 1 aliphatic heterocycles. The minimum absolute atomic E-state index is 0.0173. The van der Waals surface area contributed by atoms with Gasteiger partial charge in [0.25, 0.3) is 5.91 Å². The highest BCUT2D eigenvalue weighted by molar-refractivity contribution is 5.92. The van der Waals surface area contributed by atoms with Crippen LogP contribution in [0, 0.1) is 11.3 Å². The summed E-state index contributed by atoms with van der Waals surface area (Å²) in [5.41, 5.74) is 2.63. The number of hydrogen-bond acceptors (Lipinski definition) is 6. The summed E-state index contributed by atoms with van der Waals surface area (Å²) in [4.78, 5) is 22.8. The quantitative estimate of drug-likeness (QED) is 0.704. The van der Waals surface area contributed by atoms with Crippen molar-refractivity contribution in [1.82, 2.24) is 14.9 Å². The van der Waals surface area contributed by atoms with E-state index in [1.807, 2.05) is 36.4 Å². The number of carbonyl (C=O) groups is 1. The average molecular weight is 359 g/mol. The Morgan fingerprint density at radius 1 is 1.22 bits per heavy atom. The van der Waals surface area contributed by atoms with Gasteiger partial charge in [-0.15, -0.1) is 0 Å². The number of nitrogens with one attached hydrogen (secondary N) is 1. The lowest BCUT2D eigenvalue weighted by atomic mass is 10.1. The second kappa shape index (κ2) is 7.30. The molecule has 0 unspecified atom stereocenters. The number of benzene rings is 1. The van der Waals surface area contributed by atoms with Crippen LogP contribution < -0.4 is 5.32 Å². The fourth-order valence-corrected chi connectivity index (χ4v) is 3.14. The van der Waals surface area contributed by atoms with Crippen LogP contribution in [0.1, 0.15) is 21.7 Å². The van der Waals surface area contributed by atoms with Crippen LogP contribution in [0.2, 0.25) is 0 Å². The highest BCUT2D eigenvalue weighted by Gasteiger charge is 2.23. The first kappa shape index (κ1) is 16.8. The fraction of sp³-hybridized carbons (Fsp3) is 0.200. The Hall–Kier alpha value is -3.66. The molecule has 3 heterocycles. The highest BCUT2D eigenvalue weighted by Crippen LogP contribution is 2.30. The van der Waals surface area contributed by atoms with Crippen LogP contribution in [0.15, 0.2) is 53.2 Å². The summed E-state index contributed by atoms with van der Waals surface area (Å²) >= 11 is 0. The average Bonchev–Trinajstić information content (AvgIpc) is 3.37. The maximum Gasteiger partial charge on any atom is 0.290 e. The summed E-state index contributed by atoms with van der Waals surface area (Å²) in [5, 5.41) is 12.3. The van der Waals surface area contributed by atoms with Gasteiger partial charge in [-0.1, -0.05) is 30.3 Å². The van der Waals surface area contributed by atoms with Gasteiger partial charge in [-0.3, -0.25) is 4.79 Å². The predicted molar refractivity (Wildman–Crippen MR) is 98.7 cm³/mol. The Balaban J connectivity index is 1.59. The van der Waals surface area contributed by atoms with Gasteiger partial charge in [-0.25, -0.2) is 9.97 Å². The van der Waals surface area contributed by atoms with Crippen molar-refractivity contribution in [1.29, 1.82) is 5.26 Å². The third-order valence-electron chi connectivity index (χ3n) is 4.43. The molecule has 4 rings (SSSR count). The Morgan fingerprint density at radius 2 is 2.07 bits per heavy atom. The third kappa shape index (κ3) is 3.37. The number of rotatable bonds is 5. The lowest BCUT2D eigenvalue weighted by Gasteiger charge is -2.18. The van der Waals surface area contributed by atoms with Crippen LogP contribution >= 0.6 is 0 Å². The zero-order chi connectivity index (χ0) is 18.6. The summed E-state index contributed by atoms with van der Waals surface area (Å²) in [6.07, 6.45) is 2.29. The second-order valence-corrected chi connectivity index (χ2v) is 6.20. The predicted octanol–water partition coefficient (Wildman–Crippen LogP) is 2.87. The number of carbonyl (C=O) groups excluding carboxylic acids is 1. The van der Waals surface area contributed by atoms with Gasteiger partial charge in [-0.2, -0.15) is 5.26 Å². The van der Waals surface area contributed by atoms with E-state index in [9.17, 15) is 4.79 Å².